The quantitative estimate of drug-likeness (QED) is 0.267. The third-order valence-electron chi connectivity index (χ3n) is 4.82. The topological polar surface area (TPSA) is 43.6 Å². The van der Waals surface area contributed by atoms with Crippen LogP contribution < -0.4 is 0 Å². The Labute approximate surface area is 204 Å². The Balaban J connectivity index is 1.78. The maximum Gasteiger partial charge on any atom is 0.203 e. The molecule has 0 aliphatic carbocycles. The van der Waals surface area contributed by atoms with Gasteiger partial charge in [0.1, 0.15) is 0 Å². The lowest BCUT2D eigenvalue weighted by atomic mass is 9.87. The van der Waals surface area contributed by atoms with E-state index in [9.17, 15) is 0 Å². The van der Waals surface area contributed by atoms with Crippen LogP contribution in [0.2, 0.25) is 0 Å². The predicted molar refractivity (Wildman–Crippen MR) is 136 cm³/mol. The molecule has 3 heterocycles. The molecular formula is C23H25BrN4S3. The molecule has 0 amide bonds. The van der Waals surface area contributed by atoms with Crippen molar-refractivity contribution in [2.24, 2.45) is 0 Å². The lowest BCUT2D eigenvalue weighted by Crippen LogP contribution is -2.12. The second-order valence-electron chi connectivity index (χ2n) is 9.37. The fourth-order valence-corrected chi connectivity index (χ4v) is 7.31. The number of hydrogen-bond donors (Lipinski definition) is 0. The van der Waals surface area contributed by atoms with Gasteiger partial charge in [-0.05, 0) is 62.2 Å². The predicted octanol–water partition coefficient (Wildman–Crippen LogP) is 7.96. The molecule has 0 aliphatic rings. The van der Waals surface area contributed by atoms with E-state index in [2.05, 4.69) is 108 Å². The molecule has 0 bridgehead atoms. The molecular weight excluding hydrogens is 508 g/mol. The van der Waals surface area contributed by atoms with Crippen LogP contribution in [0.1, 0.15) is 52.8 Å². The first-order valence-corrected chi connectivity index (χ1v) is 13.3. The molecule has 0 saturated carbocycles. The molecule has 8 heteroatoms. The van der Waals surface area contributed by atoms with Crippen LogP contribution in [0, 0.1) is 0 Å². The van der Waals surface area contributed by atoms with Crippen LogP contribution in [0.4, 0.5) is 0 Å². The van der Waals surface area contributed by atoms with Crippen molar-refractivity contribution in [3.05, 3.63) is 56.8 Å². The van der Waals surface area contributed by atoms with Gasteiger partial charge in [-0.1, -0.05) is 71.1 Å². The van der Waals surface area contributed by atoms with Crippen LogP contribution in [0.3, 0.4) is 0 Å². The minimum Gasteiger partial charge on any atom is -0.269 e. The van der Waals surface area contributed by atoms with Gasteiger partial charge in [-0.25, -0.2) is 4.98 Å². The van der Waals surface area contributed by atoms with Gasteiger partial charge < -0.3 is 0 Å². The Bertz CT molecular complexity index is 1180. The Morgan fingerprint density at radius 3 is 2.19 bits per heavy atom. The molecule has 162 valence electrons. The second-order valence-corrected chi connectivity index (χ2v) is 13.8. The first-order valence-electron chi connectivity index (χ1n) is 9.99. The smallest absolute Gasteiger partial charge is 0.203 e. The van der Waals surface area contributed by atoms with E-state index in [0.717, 1.165) is 35.4 Å². The van der Waals surface area contributed by atoms with Gasteiger partial charge in [-0.2, -0.15) is 0 Å². The van der Waals surface area contributed by atoms with Crippen LogP contribution in [-0.2, 0) is 10.8 Å². The highest BCUT2D eigenvalue weighted by molar-refractivity contribution is 9.11. The van der Waals surface area contributed by atoms with Gasteiger partial charge in [-0.15, -0.1) is 21.5 Å². The highest BCUT2D eigenvalue weighted by Crippen LogP contribution is 2.41. The lowest BCUT2D eigenvalue weighted by Gasteiger charge is -2.19. The largest absolute Gasteiger partial charge is 0.269 e. The summed E-state index contributed by atoms with van der Waals surface area (Å²) in [7, 11) is 0. The summed E-state index contributed by atoms with van der Waals surface area (Å²) in [5.74, 6) is 0.854. The fourth-order valence-electron chi connectivity index (χ4n) is 3.11. The monoisotopic (exact) mass is 532 g/mol. The number of halogens is 1. The number of benzene rings is 1. The van der Waals surface area contributed by atoms with Crippen molar-refractivity contribution in [1.29, 1.82) is 0 Å². The Hall–Kier alpha value is -1.48. The Morgan fingerprint density at radius 2 is 1.65 bits per heavy atom. The summed E-state index contributed by atoms with van der Waals surface area (Å²) in [4.78, 5) is 5.98. The van der Waals surface area contributed by atoms with Crippen LogP contribution in [0.5, 0.6) is 0 Å². The van der Waals surface area contributed by atoms with Crippen LogP contribution in [0.15, 0.2) is 55.1 Å². The molecule has 3 aromatic heterocycles. The first kappa shape index (κ1) is 22.7. The van der Waals surface area contributed by atoms with Gasteiger partial charge in [-0.3, -0.25) is 4.57 Å². The maximum absolute atomic E-state index is 4.89. The highest BCUT2D eigenvalue weighted by Gasteiger charge is 2.25. The standard InChI is InChI=1S/C23H25BrN4S3/c1-22(2,3)14-9-11-15(12-10-14)28-19(16-8-7-13-29-16)26-27-20(28)31-21-25-17(18(24)30-21)23(4,5)6/h7-13H,1-6H3. The van der Waals surface area contributed by atoms with Crippen molar-refractivity contribution < 1.29 is 0 Å². The summed E-state index contributed by atoms with van der Waals surface area (Å²) in [6.07, 6.45) is 0. The van der Waals surface area contributed by atoms with E-state index < -0.39 is 0 Å². The van der Waals surface area contributed by atoms with E-state index in [-0.39, 0.29) is 10.8 Å². The van der Waals surface area contributed by atoms with E-state index in [4.69, 9.17) is 4.98 Å². The number of hydrogen-bond acceptors (Lipinski definition) is 6. The molecule has 31 heavy (non-hydrogen) atoms. The number of rotatable bonds is 4. The molecule has 4 nitrogen and oxygen atoms in total. The average molecular weight is 534 g/mol. The Kier molecular flexibility index (Phi) is 6.20. The average Bonchev–Trinajstić information content (AvgIpc) is 3.40. The Morgan fingerprint density at radius 1 is 0.935 bits per heavy atom. The van der Waals surface area contributed by atoms with E-state index in [0.29, 0.717) is 0 Å². The molecule has 1 aromatic carbocycles. The third kappa shape index (κ3) is 4.82. The van der Waals surface area contributed by atoms with Gasteiger partial charge >= 0.3 is 0 Å². The number of thiophene rings is 1. The molecule has 4 rings (SSSR count). The SMILES string of the molecule is CC(C)(C)c1ccc(-n2c(Sc3nc(C(C)(C)C)c(Br)s3)nnc2-c2cccs2)cc1. The molecule has 0 fully saturated rings. The first-order chi connectivity index (χ1) is 14.5. The van der Waals surface area contributed by atoms with Gasteiger partial charge in [0.15, 0.2) is 10.2 Å². The molecule has 4 aromatic rings. The minimum atomic E-state index is -0.0211. The highest BCUT2D eigenvalue weighted by atomic mass is 79.9. The molecule has 0 spiro atoms. The number of aromatic nitrogens is 4. The van der Waals surface area contributed by atoms with Crippen LogP contribution in [0.25, 0.3) is 16.4 Å². The van der Waals surface area contributed by atoms with E-state index >= 15 is 0 Å². The molecule has 0 N–H and O–H groups in total. The molecule has 0 atom stereocenters. The molecule has 0 aliphatic heterocycles. The van der Waals surface area contributed by atoms with E-state index in [1.807, 2.05) is 6.07 Å². The van der Waals surface area contributed by atoms with E-state index in [1.54, 1.807) is 34.4 Å². The summed E-state index contributed by atoms with van der Waals surface area (Å²) >= 11 is 8.57. The van der Waals surface area contributed by atoms with Crippen molar-refractivity contribution in [1.82, 2.24) is 19.7 Å². The zero-order valence-corrected chi connectivity index (χ0v) is 22.5. The summed E-state index contributed by atoms with van der Waals surface area (Å²) in [6, 6.07) is 12.8. The maximum atomic E-state index is 4.89. The normalized spacial score (nSPS) is 12.5. The fraction of sp³-hybridized carbons (Fsp3) is 0.348. The molecule has 0 unspecified atom stereocenters. The van der Waals surface area contributed by atoms with Crippen LogP contribution >= 0.6 is 50.4 Å². The van der Waals surface area contributed by atoms with Crippen LogP contribution in [-0.4, -0.2) is 19.7 Å². The number of thiazole rings is 1. The summed E-state index contributed by atoms with van der Waals surface area (Å²) in [5.41, 5.74) is 3.51. The van der Waals surface area contributed by atoms with E-state index in [1.165, 1.54) is 5.56 Å². The third-order valence-corrected chi connectivity index (χ3v) is 8.40. The van der Waals surface area contributed by atoms with Crippen molar-refractivity contribution in [2.75, 3.05) is 0 Å². The minimum absolute atomic E-state index is 0.0211. The molecule has 0 saturated heterocycles. The second kappa shape index (κ2) is 8.46. The van der Waals surface area contributed by atoms with Crippen molar-refractivity contribution in [2.45, 2.75) is 61.9 Å². The van der Waals surface area contributed by atoms with Gasteiger partial charge in [0.2, 0.25) is 5.16 Å². The number of nitrogens with zero attached hydrogens (tertiary/aromatic N) is 4. The summed E-state index contributed by atoms with van der Waals surface area (Å²) in [5, 5.41) is 12.0. The van der Waals surface area contributed by atoms with Crippen molar-refractivity contribution >= 4 is 50.4 Å². The summed E-state index contributed by atoms with van der Waals surface area (Å²) in [6.45, 7) is 13.2. The van der Waals surface area contributed by atoms with Gasteiger partial charge in [0, 0.05) is 11.1 Å². The zero-order valence-electron chi connectivity index (χ0n) is 18.4. The molecule has 0 radical (unpaired) electrons. The zero-order chi connectivity index (χ0) is 22.4. The van der Waals surface area contributed by atoms with Crippen molar-refractivity contribution in [3.8, 4) is 16.4 Å². The summed E-state index contributed by atoms with van der Waals surface area (Å²) < 4.78 is 4.16. The van der Waals surface area contributed by atoms with Gasteiger partial charge in [0.05, 0.1) is 14.4 Å². The van der Waals surface area contributed by atoms with Gasteiger partial charge in [0.25, 0.3) is 0 Å². The lowest BCUT2D eigenvalue weighted by molar-refractivity contribution is 0.566. The van der Waals surface area contributed by atoms with Crippen molar-refractivity contribution in [3.63, 3.8) is 0 Å².